The third-order valence-corrected chi connectivity index (χ3v) is 8.71. The SMILES string of the molecule is C=S1(=O)C2C[C@H](C)OC[C@]2(c2ccccc2F)N=C(N)C1(C)C. The Labute approximate surface area is 136 Å². The van der Waals surface area contributed by atoms with E-state index < -0.39 is 25.1 Å². The Balaban J connectivity index is 2.32. The van der Waals surface area contributed by atoms with Crippen molar-refractivity contribution in [2.45, 2.75) is 48.8 Å². The van der Waals surface area contributed by atoms with Crippen LogP contribution in [0.3, 0.4) is 0 Å². The first-order chi connectivity index (χ1) is 10.6. The Kier molecular flexibility index (Phi) is 3.61. The molecule has 2 unspecified atom stereocenters. The number of halogens is 1. The smallest absolute Gasteiger partial charge is 0.128 e. The second kappa shape index (κ2) is 5.05. The predicted molar refractivity (Wildman–Crippen MR) is 92.9 cm³/mol. The van der Waals surface area contributed by atoms with Crippen LogP contribution in [-0.4, -0.2) is 38.6 Å². The van der Waals surface area contributed by atoms with Gasteiger partial charge in [0.05, 0.1) is 22.7 Å². The summed E-state index contributed by atoms with van der Waals surface area (Å²) < 4.78 is 33.1. The van der Waals surface area contributed by atoms with Crippen LogP contribution in [-0.2, 0) is 19.8 Å². The van der Waals surface area contributed by atoms with Crippen LogP contribution in [0.15, 0.2) is 29.3 Å². The van der Waals surface area contributed by atoms with Crippen molar-refractivity contribution in [3.05, 3.63) is 35.6 Å². The van der Waals surface area contributed by atoms with Crippen molar-refractivity contribution in [2.75, 3.05) is 6.61 Å². The van der Waals surface area contributed by atoms with Gasteiger partial charge in [0.15, 0.2) is 0 Å². The molecule has 2 aliphatic rings. The molecule has 4 atom stereocenters. The van der Waals surface area contributed by atoms with Gasteiger partial charge in [-0.2, -0.15) is 0 Å². The van der Waals surface area contributed by atoms with Gasteiger partial charge in [0.2, 0.25) is 0 Å². The normalized spacial score (nSPS) is 39.4. The molecule has 23 heavy (non-hydrogen) atoms. The van der Waals surface area contributed by atoms with E-state index in [0.717, 1.165) is 0 Å². The van der Waals surface area contributed by atoms with Crippen LogP contribution in [0, 0.1) is 5.82 Å². The van der Waals surface area contributed by atoms with E-state index in [1.165, 1.54) is 6.07 Å². The van der Waals surface area contributed by atoms with E-state index in [4.69, 9.17) is 10.5 Å². The largest absolute Gasteiger partial charge is 0.386 e. The van der Waals surface area contributed by atoms with E-state index in [1.807, 2.05) is 6.92 Å². The quantitative estimate of drug-likeness (QED) is 0.797. The van der Waals surface area contributed by atoms with Gasteiger partial charge in [-0.15, -0.1) is 0 Å². The van der Waals surface area contributed by atoms with Gasteiger partial charge in [0.25, 0.3) is 0 Å². The maximum atomic E-state index is 14.5. The molecule has 1 saturated heterocycles. The van der Waals surface area contributed by atoms with Gasteiger partial charge in [-0.3, -0.25) is 9.20 Å². The molecule has 0 aliphatic carbocycles. The van der Waals surface area contributed by atoms with E-state index in [2.05, 4.69) is 10.9 Å². The van der Waals surface area contributed by atoms with E-state index >= 15 is 0 Å². The summed E-state index contributed by atoms with van der Waals surface area (Å²) in [6, 6.07) is 6.43. The first-order valence-electron chi connectivity index (χ1n) is 7.71. The van der Waals surface area contributed by atoms with Gasteiger partial charge in [-0.1, -0.05) is 18.2 Å². The van der Waals surface area contributed by atoms with Gasteiger partial charge in [-0.05, 0) is 48.7 Å². The summed E-state index contributed by atoms with van der Waals surface area (Å²) in [4.78, 5) is 4.66. The van der Waals surface area contributed by atoms with Gasteiger partial charge in [-0.25, -0.2) is 4.39 Å². The number of rotatable bonds is 1. The molecule has 1 aromatic rings. The third kappa shape index (κ3) is 2.15. The second-order valence-corrected chi connectivity index (χ2v) is 10.0. The molecule has 0 radical (unpaired) electrons. The molecule has 126 valence electrons. The van der Waals surface area contributed by atoms with Crippen molar-refractivity contribution in [3.63, 3.8) is 0 Å². The molecule has 0 bridgehead atoms. The highest BCUT2D eigenvalue weighted by Crippen LogP contribution is 2.47. The van der Waals surface area contributed by atoms with Crippen LogP contribution in [0.1, 0.15) is 32.8 Å². The predicted octanol–water partition coefficient (Wildman–Crippen LogP) is 2.06. The van der Waals surface area contributed by atoms with Crippen molar-refractivity contribution in [3.8, 4) is 0 Å². The fourth-order valence-electron chi connectivity index (χ4n) is 3.51. The molecule has 6 heteroatoms. The van der Waals surface area contributed by atoms with Crippen molar-refractivity contribution in [1.82, 2.24) is 0 Å². The molecule has 1 fully saturated rings. The molecule has 4 nitrogen and oxygen atoms in total. The number of aliphatic imine (C=N–C) groups is 1. The van der Waals surface area contributed by atoms with Crippen LogP contribution in [0.5, 0.6) is 0 Å². The average Bonchev–Trinajstić information content (AvgIpc) is 2.48. The molecule has 0 aromatic heterocycles. The Bertz CT molecular complexity index is 773. The summed E-state index contributed by atoms with van der Waals surface area (Å²) in [7, 11) is -2.67. The maximum Gasteiger partial charge on any atom is 0.128 e. The molecule has 2 aliphatic heterocycles. The number of nitrogens with zero attached hydrogens (tertiary/aromatic N) is 1. The average molecular weight is 338 g/mol. The van der Waals surface area contributed by atoms with E-state index in [9.17, 15) is 8.60 Å². The summed E-state index contributed by atoms with van der Waals surface area (Å²) in [6.45, 7) is 5.68. The number of ether oxygens (including phenoxy) is 1. The monoisotopic (exact) mass is 338 g/mol. The molecular weight excluding hydrogens is 315 g/mol. The lowest BCUT2D eigenvalue weighted by Gasteiger charge is -2.51. The van der Waals surface area contributed by atoms with Crippen LogP contribution in [0.4, 0.5) is 4.39 Å². The minimum atomic E-state index is -2.67. The van der Waals surface area contributed by atoms with Crippen LogP contribution in [0.2, 0.25) is 0 Å². The van der Waals surface area contributed by atoms with Crippen molar-refractivity contribution < 1.29 is 13.3 Å². The van der Waals surface area contributed by atoms with E-state index in [-0.39, 0.29) is 24.4 Å². The number of fused-ring (bicyclic) bond motifs is 1. The standard InChI is InChI=1S/C17H23FN2O2S/c1-11-9-14-17(10-22-11,12-7-5-6-8-13(12)18)20-15(19)16(2,3)23(14,4)21/h5-8,11,14H,4,9-10H2,1-3H3,(H2,19,20)/t11-,14?,17+,23?/m0/s1. The molecule has 3 rings (SSSR count). The lowest BCUT2D eigenvalue weighted by atomic mass is 9.82. The van der Waals surface area contributed by atoms with Gasteiger partial charge < -0.3 is 10.5 Å². The summed E-state index contributed by atoms with van der Waals surface area (Å²) in [5.74, 6) is 3.90. The number of amidine groups is 1. The summed E-state index contributed by atoms with van der Waals surface area (Å²) >= 11 is 0. The Hall–Kier alpha value is -1.40. The summed E-state index contributed by atoms with van der Waals surface area (Å²) in [5.41, 5.74) is 5.46. The number of nitrogens with two attached hydrogens (primary N) is 1. The number of hydrogen-bond donors (Lipinski definition) is 1. The maximum absolute atomic E-state index is 14.5. The Morgan fingerprint density at radius 1 is 1.43 bits per heavy atom. The van der Waals surface area contributed by atoms with Crippen LogP contribution < -0.4 is 5.73 Å². The fraction of sp³-hybridized carbons (Fsp3) is 0.529. The topological polar surface area (TPSA) is 64.7 Å². The number of hydrogen-bond acceptors (Lipinski definition) is 4. The van der Waals surface area contributed by atoms with Gasteiger partial charge in [0.1, 0.15) is 17.2 Å². The molecule has 0 amide bonds. The Morgan fingerprint density at radius 2 is 2.09 bits per heavy atom. The van der Waals surface area contributed by atoms with Crippen molar-refractivity contribution in [2.24, 2.45) is 10.7 Å². The molecule has 2 heterocycles. The van der Waals surface area contributed by atoms with E-state index in [0.29, 0.717) is 12.0 Å². The summed E-state index contributed by atoms with van der Waals surface area (Å²) in [5, 5.41) is -0.419. The minimum absolute atomic E-state index is 0.0761. The van der Waals surface area contributed by atoms with Gasteiger partial charge >= 0.3 is 0 Å². The minimum Gasteiger partial charge on any atom is -0.386 e. The highest BCUT2D eigenvalue weighted by molar-refractivity contribution is 8.03. The highest BCUT2D eigenvalue weighted by Gasteiger charge is 2.57. The molecule has 0 spiro atoms. The van der Waals surface area contributed by atoms with Crippen LogP contribution in [0.25, 0.3) is 0 Å². The lowest BCUT2D eigenvalue weighted by molar-refractivity contribution is -0.0172. The van der Waals surface area contributed by atoms with Crippen molar-refractivity contribution >= 4 is 21.2 Å². The molecular formula is C17H23FN2O2S. The fourth-order valence-corrected chi connectivity index (χ4v) is 6.08. The molecule has 1 aromatic carbocycles. The first-order valence-corrected chi connectivity index (χ1v) is 9.50. The summed E-state index contributed by atoms with van der Waals surface area (Å²) in [6.07, 6.45) is 0.435. The second-order valence-electron chi connectivity index (χ2n) is 6.98. The first kappa shape index (κ1) is 16.5. The highest BCUT2D eigenvalue weighted by atomic mass is 32.2. The Morgan fingerprint density at radius 3 is 2.74 bits per heavy atom. The molecule has 2 N–H and O–H groups in total. The number of benzene rings is 1. The molecule has 0 saturated carbocycles. The third-order valence-electron chi connectivity index (χ3n) is 5.27. The zero-order valence-electron chi connectivity index (χ0n) is 13.7. The van der Waals surface area contributed by atoms with E-state index in [1.54, 1.807) is 32.0 Å². The lowest BCUT2D eigenvalue weighted by Crippen LogP contribution is -2.64. The zero-order chi connectivity index (χ0) is 17.0. The van der Waals surface area contributed by atoms with Crippen LogP contribution >= 0.6 is 0 Å². The van der Waals surface area contributed by atoms with Gasteiger partial charge in [0, 0.05) is 5.56 Å². The zero-order valence-corrected chi connectivity index (χ0v) is 14.5. The van der Waals surface area contributed by atoms with Crippen molar-refractivity contribution in [1.29, 1.82) is 0 Å².